The average molecular weight is 251 g/mol. The molecule has 2 heterocycles. The topological polar surface area (TPSA) is 75.4 Å². The molecule has 1 aromatic rings. The van der Waals surface area contributed by atoms with Gasteiger partial charge in [-0.3, -0.25) is 14.3 Å². The van der Waals surface area contributed by atoms with Crippen LogP contribution in [0.15, 0.2) is 18.5 Å². The molecule has 0 aliphatic carbocycles. The first-order chi connectivity index (χ1) is 8.58. The van der Waals surface area contributed by atoms with Crippen molar-refractivity contribution < 1.29 is 14.7 Å². The average Bonchev–Trinajstić information content (AvgIpc) is 2.81. The fraction of sp³-hybridized carbons (Fsp3) is 0.583. The number of aliphatic carboxylic acids is 1. The highest BCUT2D eigenvalue weighted by Crippen LogP contribution is 2.23. The summed E-state index contributed by atoms with van der Waals surface area (Å²) in [6.45, 7) is 2.63. The van der Waals surface area contributed by atoms with Crippen LogP contribution in [-0.2, 0) is 16.1 Å². The molecule has 1 aliphatic rings. The maximum atomic E-state index is 12.1. The first-order valence-electron chi connectivity index (χ1n) is 6.07. The summed E-state index contributed by atoms with van der Waals surface area (Å²) in [6.07, 6.45) is 4.44. The monoisotopic (exact) mass is 251 g/mol. The van der Waals surface area contributed by atoms with Gasteiger partial charge in [0, 0.05) is 25.0 Å². The number of carboxylic acids is 1. The first-order valence-corrected chi connectivity index (χ1v) is 6.07. The molecule has 18 heavy (non-hydrogen) atoms. The summed E-state index contributed by atoms with van der Waals surface area (Å²) in [4.78, 5) is 24.7. The van der Waals surface area contributed by atoms with Gasteiger partial charge < -0.3 is 10.0 Å². The van der Waals surface area contributed by atoms with Crippen LogP contribution in [0.5, 0.6) is 0 Å². The van der Waals surface area contributed by atoms with E-state index in [-0.39, 0.29) is 24.4 Å². The molecule has 1 saturated heterocycles. The molecular weight excluding hydrogens is 234 g/mol. The third kappa shape index (κ3) is 2.69. The van der Waals surface area contributed by atoms with Crippen LogP contribution in [0.2, 0.25) is 0 Å². The van der Waals surface area contributed by atoms with Crippen LogP contribution in [0, 0.1) is 5.92 Å². The second-order valence-corrected chi connectivity index (χ2v) is 4.70. The van der Waals surface area contributed by atoms with Crippen molar-refractivity contribution in [1.29, 1.82) is 0 Å². The summed E-state index contributed by atoms with van der Waals surface area (Å²) in [7, 11) is 0. The first kappa shape index (κ1) is 12.6. The van der Waals surface area contributed by atoms with Gasteiger partial charge in [-0.2, -0.15) is 5.10 Å². The fourth-order valence-corrected chi connectivity index (χ4v) is 2.39. The van der Waals surface area contributed by atoms with Crippen molar-refractivity contribution >= 4 is 11.9 Å². The van der Waals surface area contributed by atoms with Crippen molar-refractivity contribution in [1.82, 2.24) is 14.7 Å². The molecule has 1 fully saturated rings. The van der Waals surface area contributed by atoms with Crippen LogP contribution in [-0.4, -0.2) is 44.3 Å². The van der Waals surface area contributed by atoms with E-state index in [4.69, 9.17) is 5.11 Å². The van der Waals surface area contributed by atoms with E-state index >= 15 is 0 Å². The highest BCUT2D eigenvalue weighted by Gasteiger charge is 2.32. The lowest BCUT2D eigenvalue weighted by Gasteiger charge is -2.36. The Morgan fingerprint density at radius 3 is 2.83 bits per heavy atom. The lowest BCUT2D eigenvalue weighted by molar-refractivity contribution is -0.147. The number of aromatic nitrogens is 2. The molecule has 0 aromatic carbocycles. The summed E-state index contributed by atoms with van der Waals surface area (Å²) < 4.78 is 1.58. The maximum absolute atomic E-state index is 12.1. The normalized spacial score (nSPS) is 23.9. The molecule has 1 N–H and O–H groups in total. The minimum atomic E-state index is -0.763. The largest absolute Gasteiger partial charge is 0.481 e. The Balaban J connectivity index is 1.94. The van der Waals surface area contributed by atoms with Crippen molar-refractivity contribution in [2.45, 2.75) is 32.4 Å². The smallest absolute Gasteiger partial charge is 0.306 e. The maximum Gasteiger partial charge on any atom is 0.306 e. The molecule has 1 aromatic heterocycles. The van der Waals surface area contributed by atoms with E-state index in [9.17, 15) is 9.59 Å². The quantitative estimate of drug-likeness (QED) is 0.853. The summed E-state index contributed by atoms with van der Waals surface area (Å²) >= 11 is 0. The Kier molecular flexibility index (Phi) is 3.64. The van der Waals surface area contributed by atoms with E-state index in [1.54, 1.807) is 28.0 Å². The molecule has 1 aliphatic heterocycles. The van der Waals surface area contributed by atoms with Gasteiger partial charge in [0.15, 0.2) is 0 Å². The predicted octanol–water partition coefficient (Wildman–Crippen LogP) is 0.595. The van der Waals surface area contributed by atoms with Gasteiger partial charge in [-0.25, -0.2) is 0 Å². The molecule has 0 bridgehead atoms. The van der Waals surface area contributed by atoms with Crippen molar-refractivity contribution in [3.8, 4) is 0 Å². The van der Waals surface area contributed by atoms with E-state index in [1.807, 2.05) is 6.92 Å². The standard InChI is InChI=1S/C12H17N3O3/c1-9-7-10(12(17)18)3-6-15(9)11(16)8-14-5-2-4-13-14/h2,4-5,9-10H,3,6-8H2,1H3,(H,17,18). The van der Waals surface area contributed by atoms with E-state index in [0.717, 1.165) is 0 Å². The van der Waals surface area contributed by atoms with E-state index in [0.29, 0.717) is 19.4 Å². The number of nitrogens with zero attached hydrogens (tertiary/aromatic N) is 3. The van der Waals surface area contributed by atoms with Gasteiger partial charge in [-0.05, 0) is 25.8 Å². The molecule has 0 radical (unpaired) electrons. The van der Waals surface area contributed by atoms with Crippen LogP contribution in [0.4, 0.5) is 0 Å². The molecule has 2 unspecified atom stereocenters. The molecule has 2 rings (SSSR count). The molecule has 6 nitrogen and oxygen atoms in total. The number of rotatable bonds is 3. The molecular formula is C12H17N3O3. The number of carbonyl (C=O) groups is 2. The van der Waals surface area contributed by atoms with Crippen molar-refractivity contribution in [3.05, 3.63) is 18.5 Å². The summed E-state index contributed by atoms with van der Waals surface area (Å²) in [5.74, 6) is -1.09. The van der Waals surface area contributed by atoms with Crippen LogP contribution in [0.25, 0.3) is 0 Å². The Bertz CT molecular complexity index is 430. The van der Waals surface area contributed by atoms with Crippen LogP contribution < -0.4 is 0 Å². The molecule has 6 heteroatoms. The summed E-state index contributed by atoms with van der Waals surface area (Å²) in [5.41, 5.74) is 0. The third-order valence-electron chi connectivity index (χ3n) is 3.40. The van der Waals surface area contributed by atoms with Gasteiger partial charge in [-0.15, -0.1) is 0 Å². The molecule has 98 valence electrons. The Labute approximate surface area is 105 Å². The zero-order valence-corrected chi connectivity index (χ0v) is 10.3. The number of hydrogen-bond donors (Lipinski definition) is 1. The van der Waals surface area contributed by atoms with E-state index < -0.39 is 5.97 Å². The predicted molar refractivity (Wildman–Crippen MR) is 63.8 cm³/mol. The fourth-order valence-electron chi connectivity index (χ4n) is 2.39. The SMILES string of the molecule is CC1CC(C(=O)O)CCN1C(=O)Cn1cccn1. The lowest BCUT2D eigenvalue weighted by Crippen LogP contribution is -2.47. The van der Waals surface area contributed by atoms with Gasteiger partial charge in [0.05, 0.1) is 5.92 Å². The second-order valence-electron chi connectivity index (χ2n) is 4.70. The lowest BCUT2D eigenvalue weighted by atomic mass is 9.92. The van der Waals surface area contributed by atoms with E-state index in [1.165, 1.54) is 0 Å². The van der Waals surface area contributed by atoms with E-state index in [2.05, 4.69) is 5.10 Å². The van der Waals surface area contributed by atoms with Gasteiger partial charge in [-0.1, -0.05) is 0 Å². The van der Waals surface area contributed by atoms with Gasteiger partial charge >= 0.3 is 5.97 Å². The van der Waals surface area contributed by atoms with Gasteiger partial charge in [0.25, 0.3) is 0 Å². The number of piperidine rings is 1. The highest BCUT2D eigenvalue weighted by molar-refractivity contribution is 5.77. The highest BCUT2D eigenvalue weighted by atomic mass is 16.4. The molecule has 0 saturated carbocycles. The number of amides is 1. The summed E-state index contributed by atoms with van der Waals surface area (Å²) in [5, 5.41) is 13.0. The molecule has 0 spiro atoms. The third-order valence-corrected chi connectivity index (χ3v) is 3.40. The Morgan fingerprint density at radius 2 is 2.28 bits per heavy atom. The number of likely N-dealkylation sites (tertiary alicyclic amines) is 1. The number of hydrogen-bond acceptors (Lipinski definition) is 3. The second kappa shape index (κ2) is 5.20. The Hall–Kier alpha value is -1.85. The Morgan fingerprint density at radius 1 is 1.50 bits per heavy atom. The van der Waals surface area contributed by atoms with Crippen LogP contribution >= 0.6 is 0 Å². The van der Waals surface area contributed by atoms with Crippen molar-refractivity contribution in [3.63, 3.8) is 0 Å². The molecule has 2 atom stereocenters. The summed E-state index contributed by atoms with van der Waals surface area (Å²) in [6, 6.07) is 1.75. The minimum absolute atomic E-state index is 0.00459. The van der Waals surface area contributed by atoms with Gasteiger partial charge in [0.2, 0.25) is 5.91 Å². The van der Waals surface area contributed by atoms with Crippen LogP contribution in [0.1, 0.15) is 19.8 Å². The van der Waals surface area contributed by atoms with Gasteiger partial charge in [0.1, 0.15) is 6.54 Å². The van der Waals surface area contributed by atoms with Crippen LogP contribution in [0.3, 0.4) is 0 Å². The number of carboxylic acid groups (broad SMARTS) is 1. The zero-order chi connectivity index (χ0) is 13.1. The molecule has 1 amide bonds. The van der Waals surface area contributed by atoms with Crippen molar-refractivity contribution in [2.24, 2.45) is 5.92 Å². The van der Waals surface area contributed by atoms with Crippen molar-refractivity contribution in [2.75, 3.05) is 6.54 Å². The number of carbonyl (C=O) groups excluding carboxylic acids is 1. The zero-order valence-electron chi connectivity index (χ0n) is 10.3. The minimum Gasteiger partial charge on any atom is -0.481 e.